The van der Waals surface area contributed by atoms with E-state index in [1.165, 1.54) is 10.8 Å². The number of aliphatic hydroxyl groups is 1. The summed E-state index contributed by atoms with van der Waals surface area (Å²) in [4.78, 5) is 0. The fraction of sp³-hybridized carbons (Fsp3) is 0.500. The molecule has 0 fully saturated rings. The smallest absolute Gasteiger partial charge is 0.275 e. The first kappa shape index (κ1) is 15.4. The molecule has 2 nitrogen and oxygen atoms in total. The summed E-state index contributed by atoms with van der Waals surface area (Å²) in [6.45, 7) is 13.9. The first-order valence-electron chi connectivity index (χ1n) is 7.25. The molecule has 1 aromatic carbocycles. The van der Waals surface area contributed by atoms with Gasteiger partial charge in [0.25, 0.3) is 5.95 Å². The summed E-state index contributed by atoms with van der Waals surface area (Å²) in [7, 11) is -3.22. The second kappa shape index (κ2) is 4.77. The van der Waals surface area contributed by atoms with Crippen LogP contribution in [-0.4, -0.2) is 26.5 Å². The van der Waals surface area contributed by atoms with E-state index in [0.717, 1.165) is 6.42 Å². The van der Waals surface area contributed by atoms with Crippen LogP contribution in [0.4, 0.5) is 0 Å². The van der Waals surface area contributed by atoms with Crippen LogP contribution in [0.2, 0.25) is 39.3 Å². The van der Waals surface area contributed by atoms with Gasteiger partial charge in [-0.2, -0.15) is 0 Å². The van der Waals surface area contributed by atoms with Gasteiger partial charge < -0.3 is 9.84 Å². The van der Waals surface area contributed by atoms with Gasteiger partial charge in [0.1, 0.15) is 13.3 Å². The predicted molar refractivity (Wildman–Crippen MR) is 90.3 cm³/mol. The lowest BCUT2D eigenvalue weighted by Crippen LogP contribution is -2.66. The first-order valence-corrected chi connectivity index (χ1v) is 14.2. The average Bonchev–Trinajstić information content (AvgIpc) is 2.24. The van der Waals surface area contributed by atoms with Gasteiger partial charge in [-0.15, -0.1) is 0 Å². The topological polar surface area (TPSA) is 29.5 Å². The van der Waals surface area contributed by atoms with E-state index < -0.39 is 16.1 Å². The summed E-state index contributed by atoms with van der Waals surface area (Å²) in [5, 5.41) is 11.1. The summed E-state index contributed by atoms with van der Waals surface area (Å²) in [5.74, 6) is 0.211. The summed E-state index contributed by atoms with van der Waals surface area (Å²) in [6.07, 6.45) is 0.882. The highest BCUT2D eigenvalue weighted by Crippen LogP contribution is 2.49. The van der Waals surface area contributed by atoms with Crippen LogP contribution in [0.3, 0.4) is 0 Å². The monoisotopic (exact) mass is 306 g/mol. The van der Waals surface area contributed by atoms with Crippen molar-refractivity contribution in [2.75, 3.05) is 0 Å². The van der Waals surface area contributed by atoms with E-state index in [0.29, 0.717) is 0 Å². The van der Waals surface area contributed by atoms with Crippen molar-refractivity contribution in [3.05, 3.63) is 47.0 Å². The van der Waals surface area contributed by atoms with Crippen molar-refractivity contribution >= 4 is 16.1 Å². The van der Waals surface area contributed by atoms with Gasteiger partial charge in [-0.05, 0) is 5.56 Å². The van der Waals surface area contributed by atoms with Gasteiger partial charge >= 0.3 is 0 Å². The Morgan fingerprint density at radius 3 is 1.95 bits per heavy atom. The van der Waals surface area contributed by atoms with Crippen molar-refractivity contribution in [3.8, 4) is 0 Å². The number of hydrogen-bond donors (Lipinski definition) is 1. The molecule has 1 N–H and O–H groups in total. The van der Waals surface area contributed by atoms with Crippen molar-refractivity contribution in [3.63, 3.8) is 0 Å². The minimum atomic E-state index is -1.63. The number of benzene rings is 1. The average molecular weight is 307 g/mol. The summed E-state index contributed by atoms with van der Waals surface area (Å²) >= 11 is 0. The fourth-order valence-electron chi connectivity index (χ4n) is 3.12. The molecule has 1 aliphatic rings. The molecule has 1 heterocycles. The van der Waals surface area contributed by atoms with Crippen LogP contribution in [-0.2, 0) is 11.2 Å². The molecule has 0 radical (unpaired) electrons. The van der Waals surface area contributed by atoms with Crippen LogP contribution in [0.15, 0.2) is 41.5 Å². The van der Waals surface area contributed by atoms with Crippen LogP contribution in [0.1, 0.15) is 5.56 Å². The van der Waals surface area contributed by atoms with E-state index in [1.54, 1.807) is 0 Å². The van der Waals surface area contributed by atoms with Crippen LogP contribution in [0.25, 0.3) is 0 Å². The Bertz CT molecular complexity index is 524. The van der Waals surface area contributed by atoms with Gasteiger partial charge in [-0.1, -0.05) is 69.6 Å². The maximum absolute atomic E-state index is 10.1. The van der Waals surface area contributed by atoms with Gasteiger partial charge in [0.2, 0.25) is 0 Å². The molecule has 110 valence electrons. The molecular weight excluding hydrogens is 280 g/mol. The quantitative estimate of drug-likeness (QED) is 0.829. The molecular formula is C16H26O2Si2. The Hall–Kier alpha value is -1.01. The zero-order valence-corrected chi connectivity index (χ0v) is 15.4. The van der Waals surface area contributed by atoms with Crippen molar-refractivity contribution in [1.82, 2.24) is 0 Å². The molecule has 0 aromatic heterocycles. The van der Waals surface area contributed by atoms with E-state index in [2.05, 4.69) is 63.5 Å². The summed E-state index contributed by atoms with van der Waals surface area (Å²) < 4.78 is 5.97. The largest absolute Gasteiger partial charge is 0.481 e. The standard InChI is InChI=1S/C16H26O2Si2/c1-19(2,3)14-15(17)18-16(14,20(4,5)6)12-13-10-8-7-9-11-13/h7-11,17H,12H2,1-6H3. The normalized spacial score (nSPS) is 23.3. The number of aliphatic hydroxyl groups excluding tert-OH is 1. The van der Waals surface area contributed by atoms with Crippen molar-refractivity contribution in [1.29, 1.82) is 0 Å². The zero-order valence-electron chi connectivity index (χ0n) is 13.4. The third kappa shape index (κ3) is 2.47. The molecule has 0 bridgehead atoms. The van der Waals surface area contributed by atoms with Crippen LogP contribution in [0, 0.1) is 0 Å². The molecule has 1 atom stereocenters. The van der Waals surface area contributed by atoms with Crippen LogP contribution in [0.5, 0.6) is 0 Å². The molecule has 1 aromatic rings. The van der Waals surface area contributed by atoms with Crippen molar-refractivity contribution in [2.45, 2.75) is 50.9 Å². The molecule has 1 unspecified atom stereocenters. The Labute approximate surface area is 124 Å². The number of ether oxygens (including phenoxy) is 1. The lowest BCUT2D eigenvalue weighted by atomic mass is 10.0. The Morgan fingerprint density at radius 1 is 1.00 bits per heavy atom. The molecule has 4 heteroatoms. The van der Waals surface area contributed by atoms with Gasteiger partial charge in [0, 0.05) is 11.6 Å². The van der Waals surface area contributed by atoms with E-state index in [1.807, 2.05) is 6.07 Å². The SMILES string of the molecule is C[Si](C)(C)C1=C(O)OC1(Cc1ccccc1)[Si](C)(C)C. The second-order valence-corrected chi connectivity index (χ2v) is 18.1. The molecule has 0 amide bonds. The van der Waals surface area contributed by atoms with Crippen LogP contribution >= 0.6 is 0 Å². The molecule has 0 aliphatic carbocycles. The van der Waals surface area contributed by atoms with Gasteiger partial charge in [-0.3, -0.25) is 0 Å². The third-order valence-corrected chi connectivity index (χ3v) is 9.47. The number of rotatable bonds is 4. The zero-order chi connectivity index (χ0) is 15.2. The summed E-state index contributed by atoms with van der Waals surface area (Å²) in [5.41, 5.74) is 1.29. The Kier molecular flexibility index (Phi) is 3.67. The molecule has 20 heavy (non-hydrogen) atoms. The third-order valence-electron chi connectivity index (χ3n) is 4.15. The maximum Gasteiger partial charge on any atom is 0.275 e. The minimum Gasteiger partial charge on any atom is -0.481 e. The van der Waals surface area contributed by atoms with Gasteiger partial charge in [0.15, 0.2) is 0 Å². The van der Waals surface area contributed by atoms with Crippen LogP contribution < -0.4 is 0 Å². The lowest BCUT2D eigenvalue weighted by Gasteiger charge is -2.54. The molecule has 1 aliphatic heterocycles. The predicted octanol–water partition coefficient (Wildman–Crippen LogP) is 4.52. The van der Waals surface area contributed by atoms with E-state index >= 15 is 0 Å². The fourth-order valence-corrected chi connectivity index (χ4v) is 9.41. The number of hydrogen-bond acceptors (Lipinski definition) is 2. The molecule has 0 spiro atoms. The highest BCUT2D eigenvalue weighted by Gasteiger charge is 2.60. The Morgan fingerprint density at radius 2 is 1.55 bits per heavy atom. The lowest BCUT2D eigenvalue weighted by molar-refractivity contribution is -0.0344. The highest BCUT2D eigenvalue weighted by molar-refractivity contribution is 6.89. The molecule has 0 saturated carbocycles. The minimum absolute atomic E-state index is 0.211. The van der Waals surface area contributed by atoms with E-state index in [4.69, 9.17) is 4.74 Å². The van der Waals surface area contributed by atoms with Gasteiger partial charge in [0.05, 0.1) is 8.07 Å². The second-order valence-electron chi connectivity index (χ2n) is 7.77. The van der Waals surface area contributed by atoms with E-state index in [9.17, 15) is 5.11 Å². The maximum atomic E-state index is 10.1. The summed E-state index contributed by atoms with van der Waals surface area (Å²) in [6, 6.07) is 10.5. The van der Waals surface area contributed by atoms with Crippen molar-refractivity contribution < 1.29 is 9.84 Å². The van der Waals surface area contributed by atoms with Gasteiger partial charge in [-0.25, -0.2) is 0 Å². The first-order chi connectivity index (χ1) is 9.08. The van der Waals surface area contributed by atoms with Crippen molar-refractivity contribution in [2.24, 2.45) is 0 Å². The molecule has 0 saturated heterocycles. The van der Waals surface area contributed by atoms with E-state index in [-0.39, 0.29) is 11.2 Å². The highest BCUT2D eigenvalue weighted by atomic mass is 28.3. The molecule has 2 rings (SSSR count). The Balaban J connectivity index is 2.46.